The number of ether oxygens (including phenoxy) is 1. The number of nitrogens with zero attached hydrogens (tertiary/aromatic N) is 2. The van der Waals surface area contributed by atoms with Gasteiger partial charge in [0, 0.05) is 12.1 Å². The molecule has 6 heteroatoms. The van der Waals surface area contributed by atoms with E-state index in [-0.39, 0.29) is 10.5 Å². The normalized spacial score (nSPS) is 11.1. The zero-order chi connectivity index (χ0) is 10.6. The maximum Gasteiger partial charge on any atom is 0.399 e. The molecule has 6 nitrogen and oxygen atoms in total. The van der Waals surface area contributed by atoms with Crippen LogP contribution in [0.4, 0.5) is 10.5 Å². The topological polar surface area (TPSA) is 90.8 Å². The van der Waals surface area contributed by atoms with Crippen molar-refractivity contribution in [3.05, 3.63) is 29.5 Å². The van der Waals surface area contributed by atoms with Crippen molar-refractivity contribution in [3.63, 3.8) is 0 Å². The molecule has 2 N–H and O–H groups in total. The van der Waals surface area contributed by atoms with Gasteiger partial charge in [0.2, 0.25) is 5.69 Å². The Labute approximate surface area is 80.2 Å². The van der Waals surface area contributed by atoms with Crippen molar-refractivity contribution in [1.29, 1.82) is 0 Å². The van der Waals surface area contributed by atoms with E-state index in [4.69, 9.17) is 10.5 Å². The smallest absolute Gasteiger partial charge is 0.399 e. The van der Waals surface area contributed by atoms with Crippen LogP contribution in [0, 0.1) is 5.21 Å². The first-order valence-corrected chi connectivity index (χ1v) is 3.76. The quantitative estimate of drug-likeness (QED) is 0.439. The Bertz CT molecular complexity index is 359. The molecule has 0 spiro atoms. The van der Waals surface area contributed by atoms with Crippen molar-refractivity contribution in [1.82, 2.24) is 0 Å². The molecule has 1 aromatic rings. The second-order valence-electron chi connectivity index (χ2n) is 2.41. The largest absolute Gasteiger partial charge is 0.594 e. The number of hydrogen-bond acceptors (Lipinski definition) is 3. The van der Waals surface area contributed by atoms with E-state index in [1.165, 1.54) is 19.2 Å². The molecule has 2 amide bonds. The number of methoxy groups -OCH3 is 1. The van der Waals surface area contributed by atoms with E-state index in [1.807, 2.05) is 0 Å². The lowest BCUT2D eigenvalue weighted by Crippen LogP contribution is -2.07. The summed E-state index contributed by atoms with van der Waals surface area (Å²) in [5.41, 5.74) is 4.93. The number of carbonyl (C=O) groups is 1. The van der Waals surface area contributed by atoms with E-state index in [0.717, 1.165) is 0 Å². The summed E-state index contributed by atoms with van der Waals surface area (Å²) in [5.74, 6) is 0.612. The minimum atomic E-state index is -1.03. The molecule has 74 valence electrons. The Morgan fingerprint density at radius 3 is 2.50 bits per heavy atom. The number of nitrogens with two attached hydrogens (primary N) is 1. The number of urea groups is 1. The number of hydrogen-bond donors (Lipinski definition) is 1. The van der Waals surface area contributed by atoms with Crippen molar-refractivity contribution in [2.24, 2.45) is 10.8 Å². The molecule has 0 radical (unpaired) electrons. The van der Waals surface area contributed by atoms with Gasteiger partial charge >= 0.3 is 6.03 Å². The fourth-order valence-electron chi connectivity index (χ4n) is 0.857. The van der Waals surface area contributed by atoms with Crippen molar-refractivity contribution in [3.8, 4) is 5.75 Å². The Morgan fingerprint density at radius 1 is 1.50 bits per heavy atom. The molecule has 1 aromatic carbocycles. The molecule has 0 saturated carbocycles. The van der Waals surface area contributed by atoms with Gasteiger partial charge in [-0.2, -0.15) is 0 Å². The van der Waals surface area contributed by atoms with Crippen LogP contribution in [0.25, 0.3) is 0 Å². The third-order valence-corrected chi connectivity index (χ3v) is 1.48. The fraction of sp³-hybridized carbons (Fsp3) is 0.125. The van der Waals surface area contributed by atoms with E-state index < -0.39 is 6.03 Å². The SMILES string of the molecule is COc1ccc(/[N+]([O-])=N/C(N)=O)cc1. The molecule has 0 saturated heterocycles. The zero-order valence-corrected chi connectivity index (χ0v) is 7.51. The first kappa shape index (κ1) is 9.97. The number of amides is 2. The summed E-state index contributed by atoms with van der Waals surface area (Å²) in [5, 5.41) is 14.0. The summed E-state index contributed by atoms with van der Waals surface area (Å²) < 4.78 is 4.89. The summed E-state index contributed by atoms with van der Waals surface area (Å²) in [6.07, 6.45) is 0. The number of primary amides is 1. The standard InChI is InChI=1S/C8H9N3O3/c1-14-7-4-2-6(3-5-7)11(13)10-8(9)12/h2-5H,1H3,(H2,9,12)/b11-10-. The van der Waals surface area contributed by atoms with Crippen LogP contribution >= 0.6 is 0 Å². The molecular formula is C8H9N3O3. The van der Waals surface area contributed by atoms with Gasteiger partial charge < -0.3 is 15.7 Å². The predicted molar refractivity (Wildman–Crippen MR) is 48.3 cm³/mol. The minimum absolute atomic E-state index is 0.155. The molecule has 0 aliphatic rings. The van der Waals surface area contributed by atoms with Crippen molar-refractivity contribution in [2.75, 3.05) is 7.11 Å². The summed E-state index contributed by atoms with van der Waals surface area (Å²) in [6.45, 7) is 0. The van der Waals surface area contributed by atoms with Crippen molar-refractivity contribution in [2.45, 2.75) is 0 Å². The van der Waals surface area contributed by atoms with Crippen LogP contribution in [0.1, 0.15) is 0 Å². The zero-order valence-electron chi connectivity index (χ0n) is 7.51. The molecule has 0 heterocycles. The number of azo groups is 1. The molecule has 1 rings (SSSR count). The lowest BCUT2D eigenvalue weighted by molar-refractivity contribution is -0.434. The lowest BCUT2D eigenvalue weighted by Gasteiger charge is -2.00. The van der Waals surface area contributed by atoms with E-state index in [1.54, 1.807) is 12.1 Å². The molecule has 0 bridgehead atoms. The van der Waals surface area contributed by atoms with E-state index in [2.05, 4.69) is 5.11 Å². The van der Waals surface area contributed by atoms with Gasteiger partial charge in [-0.1, -0.05) is 0 Å². The van der Waals surface area contributed by atoms with Gasteiger partial charge in [-0.25, -0.2) is 4.79 Å². The third kappa shape index (κ3) is 2.44. The highest BCUT2D eigenvalue weighted by Gasteiger charge is 2.04. The summed E-state index contributed by atoms with van der Waals surface area (Å²) in [6, 6.07) is 5.07. The summed E-state index contributed by atoms with van der Waals surface area (Å²) in [4.78, 5) is 10.4. The summed E-state index contributed by atoms with van der Waals surface area (Å²) >= 11 is 0. The highest BCUT2D eigenvalue weighted by Crippen LogP contribution is 2.17. The Hall–Kier alpha value is -2.11. The van der Waals surface area contributed by atoms with Crippen LogP contribution in [0.3, 0.4) is 0 Å². The number of carbonyl (C=O) groups excluding carboxylic acids is 1. The molecule has 0 aliphatic carbocycles. The van der Waals surface area contributed by atoms with E-state index >= 15 is 0 Å². The Balaban J connectivity index is 2.92. The highest BCUT2D eigenvalue weighted by molar-refractivity contribution is 5.71. The van der Waals surface area contributed by atoms with Gasteiger partial charge in [0.15, 0.2) is 0 Å². The Kier molecular flexibility index (Phi) is 3.01. The van der Waals surface area contributed by atoms with Gasteiger partial charge in [-0.05, 0) is 17.0 Å². The minimum Gasteiger partial charge on any atom is -0.594 e. The third-order valence-electron chi connectivity index (χ3n) is 1.48. The monoisotopic (exact) mass is 195 g/mol. The molecule has 0 aromatic heterocycles. The van der Waals surface area contributed by atoms with Gasteiger partial charge in [0.05, 0.1) is 12.2 Å². The van der Waals surface area contributed by atoms with Gasteiger partial charge in [0.1, 0.15) is 5.75 Å². The number of rotatable bonds is 2. The van der Waals surface area contributed by atoms with Crippen LogP contribution in [0.5, 0.6) is 5.75 Å². The van der Waals surface area contributed by atoms with Crippen molar-refractivity contribution < 1.29 is 14.4 Å². The number of benzene rings is 1. The van der Waals surface area contributed by atoms with Crippen LogP contribution in [-0.4, -0.2) is 18.0 Å². The van der Waals surface area contributed by atoms with Crippen LogP contribution in [0.15, 0.2) is 29.4 Å². The second kappa shape index (κ2) is 4.22. The molecule has 0 aliphatic heterocycles. The maximum absolute atomic E-state index is 11.1. The molecule has 0 fully saturated rings. The molecule has 0 atom stereocenters. The van der Waals surface area contributed by atoms with Crippen LogP contribution in [-0.2, 0) is 0 Å². The van der Waals surface area contributed by atoms with E-state index in [9.17, 15) is 10.0 Å². The summed E-state index contributed by atoms with van der Waals surface area (Å²) in [7, 11) is 1.51. The predicted octanol–water partition coefficient (Wildman–Crippen LogP) is 1.37. The first-order chi connectivity index (χ1) is 6.63. The van der Waals surface area contributed by atoms with Crippen LogP contribution < -0.4 is 10.5 Å². The van der Waals surface area contributed by atoms with Gasteiger partial charge in [-0.15, -0.1) is 0 Å². The first-order valence-electron chi connectivity index (χ1n) is 3.76. The average Bonchev–Trinajstić information content (AvgIpc) is 2.17. The van der Waals surface area contributed by atoms with Crippen LogP contribution in [0.2, 0.25) is 0 Å². The molecule has 0 unspecified atom stereocenters. The molecule has 14 heavy (non-hydrogen) atoms. The Morgan fingerprint density at radius 2 is 2.07 bits per heavy atom. The van der Waals surface area contributed by atoms with Crippen molar-refractivity contribution >= 4 is 11.7 Å². The van der Waals surface area contributed by atoms with Gasteiger partial charge in [0.25, 0.3) is 0 Å². The lowest BCUT2D eigenvalue weighted by atomic mass is 10.3. The highest BCUT2D eigenvalue weighted by atomic mass is 16.5. The fourth-order valence-corrected chi connectivity index (χ4v) is 0.857. The van der Waals surface area contributed by atoms with Gasteiger partial charge in [-0.3, -0.25) is 0 Å². The maximum atomic E-state index is 11.1. The van der Waals surface area contributed by atoms with E-state index in [0.29, 0.717) is 5.75 Å². The second-order valence-corrected chi connectivity index (χ2v) is 2.41. The average molecular weight is 195 g/mol. The molecular weight excluding hydrogens is 186 g/mol.